The van der Waals surface area contributed by atoms with Crippen LogP contribution < -0.4 is 10.2 Å². The fourth-order valence-corrected chi connectivity index (χ4v) is 6.72. The highest BCUT2D eigenvalue weighted by Crippen LogP contribution is 2.46. The second-order valence-corrected chi connectivity index (χ2v) is 13.0. The van der Waals surface area contributed by atoms with Crippen LogP contribution in [-0.2, 0) is 26.9 Å². The molecule has 4 aromatic rings. The molecule has 6 rings (SSSR count). The molecule has 2 aliphatic carbocycles. The Balaban J connectivity index is 1.32. The Morgan fingerprint density at radius 1 is 1.10 bits per heavy atom. The van der Waals surface area contributed by atoms with E-state index in [1.54, 1.807) is 32.2 Å². The van der Waals surface area contributed by atoms with Gasteiger partial charge in [-0.3, -0.25) is 24.9 Å². The molecule has 0 radical (unpaired) electrons. The number of hydrogen-bond acceptors (Lipinski definition) is 9. The van der Waals surface area contributed by atoms with Crippen molar-refractivity contribution in [2.75, 3.05) is 44.1 Å². The summed E-state index contributed by atoms with van der Waals surface area (Å²) in [5.41, 5.74) is 2.10. The summed E-state index contributed by atoms with van der Waals surface area (Å²) in [7, 11) is 3.62. The lowest BCUT2D eigenvalue weighted by Gasteiger charge is -2.34. The van der Waals surface area contributed by atoms with Gasteiger partial charge < -0.3 is 19.4 Å². The standard InChI is InChI=1S/C35H40F3N7O4/c1-4-49-28(46)12-11-24-10-9-22(17-39-24)32(47)44-33-42-30-27(45(2)19-34(20-48-3)13-5-6-14-34)16-26(41-31(30)43-33)23-15-25(35(36,37)38)29(40-18-23)21-7-8-21/h9-10,15-18,21H,4-8,11-14,19-20H2,1-3H3,(H2,41,42,43,44,47). The highest BCUT2D eigenvalue weighted by atomic mass is 19.4. The van der Waals surface area contributed by atoms with Crippen molar-refractivity contribution in [3.8, 4) is 11.3 Å². The minimum absolute atomic E-state index is 0.0729. The van der Waals surface area contributed by atoms with E-state index in [4.69, 9.17) is 9.47 Å². The number of fused-ring (bicyclic) bond motifs is 1. The normalized spacial score (nSPS) is 15.8. The van der Waals surface area contributed by atoms with Crippen molar-refractivity contribution < 1.29 is 32.2 Å². The monoisotopic (exact) mass is 679 g/mol. The molecule has 0 bridgehead atoms. The van der Waals surface area contributed by atoms with E-state index >= 15 is 0 Å². The summed E-state index contributed by atoms with van der Waals surface area (Å²) >= 11 is 0. The summed E-state index contributed by atoms with van der Waals surface area (Å²) in [6.45, 7) is 3.27. The zero-order valence-corrected chi connectivity index (χ0v) is 27.8. The van der Waals surface area contributed by atoms with E-state index in [2.05, 4.69) is 35.1 Å². The van der Waals surface area contributed by atoms with Gasteiger partial charge in [0.1, 0.15) is 5.52 Å². The smallest absolute Gasteiger partial charge is 0.418 e. The van der Waals surface area contributed by atoms with Crippen molar-refractivity contribution in [3.05, 3.63) is 59.2 Å². The molecule has 2 aliphatic rings. The summed E-state index contributed by atoms with van der Waals surface area (Å²) in [6, 6.07) is 6.15. The highest BCUT2D eigenvalue weighted by Gasteiger charge is 2.40. The molecular weight excluding hydrogens is 639 g/mol. The number of ether oxygens (including phenoxy) is 2. The molecule has 2 fully saturated rings. The summed E-state index contributed by atoms with van der Waals surface area (Å²) in [6.07, 6.45) is 4.42. The fourth-order valence-electron chi connectivity index (χ4n) is 6.72. The van der Waals surface area contributed by atoms with Crippen LogP contribution in [-0.4, -0.2) is 70.7 Å². The van der Waals surface area contributed by atoms with Crippen LogP contribution in [0.3, 0.4) is 0 Å². The Kier molecular flexibility index (Phi) is 9.87. The quantitative estimate of drug-likeness (QED) is 0.148. The maximum atomic E-state index is 14.2. The molecule has 49 heavy (non-hydrogen) atoms. The Hall–Kier alpha value is -4.59. The van der Waals surface area contributed by atoms with Gasteiger partial charge in [0, 0.05) is 62.1 Å². The Bertz CT molecular complexity index is 1820. The van der Waals surface area contributed by atoms with Crippen molar-refractivity contribution >= 4 is 34.7 Å². The molecule has 0 spiro atoms. The zero-order valence-electron chi connectivity index (χ0n) is 27.8. The molecule has 4 aromatic heterocycles. The minimum Gasteiger partial charge on any atom is -0.466 e. The largest absolute Gasteiger partial charge is 0.466 e. The number of nitrogens with zero attached hydrogens (tertiary/aromatic N) is 5. The molecule has 0 atom stereocenters. The van der Waals surface area contributed by atoms with E-state index < -0.39 is 17.6 Å². The Morgan fingerprint density at radius 3 is 2.53 bits per heavy atom. The predicted octanol–water partition coefficient (Wildman–Crippen LogP) is 6.70. The lowest BCUT2D eigenvalue weighted by molar-refractivity contribution is -0.143. The van der Waals surface area contributed by atoms with Crippen LogP contribution in [0.25, 0.3) is 22.4 Å². The van der Waals surface area contributed by atoms with E-state index in [1.165, 1.54) is 12.4 Å². The van der Waals surface area contributed by atoms with Gasteiger partial charge in [-0.05, 0) is 56.9 Å². The average molecular weight is 680 g/mol. The van der Waals surface area contributed by atoms with E-state index in [1.807, 2.05) is 7.05 Å². The van der Waals surface area contributed by atoms with Gasteiger partial charge in [-0.15, -0.1) is 0 Å². The molecule has 0 aromatic carbocycles. The third-order valence-electron chi connectivity index (χ3n) is 9.23. The second kappa shape index (κ2) is 14.1. The third-order valence-corrected chi connectivity index (χ3v) is 9.23. The van der Waals surface area contributed by atoms with Gasteiger partial charge in [0.05, 0.1) is 47.8 Å². The van der Waals surface area contributed by atoms with E-state index in [0.717, 1.165) is 31.7 Å². The molecule has 4 heterocycles. The maximum absolute atomic E-state index is 14.2. The van der Waals surface area contributed by atoms with Gasteiger partial charge in [-0.25, -0.2) is 4.98 Å². The predicted molar refractivity (Wildman–Crippen MR) is 177 cm³/mol. The van der Waals surface area contributed by atoms with Crippen molar-refractivity contribution in [1.82, 2.24) is 24.9 Å². The van der Waals surface area contributed by atoms with Gasteiger partial charge >= 0.3 is 12.1 Å². The van der Waals surface area contributed by atoms with E-state index in [9.17, 15) is 22.8 Å². The van der Waals surface area contributed by atoms with Crippen LogP contribution >= 0.6 is 0 Å². The van der Waals surface area contributed by atoms with Crippen LogP contribution in [0.2, 0.25) is 0 Å². The van der Waals surface area contributed by atoms with Crippen LogP contribution in [0, 0.1) is 5.41 Å². The lowest BCUT2D eigenvalue weighted by Crippen LogP contribution is -2.37. The topological polar surface area (TPSA) is 135 Å². The van der Waals surface area contributed by atoms with Crippen molar-refractivity contribution in [3.63, 3.8) is 0 Å². The number of amides is 1. The molecule has 260 valence electrons. The molecule has 1 amide bonds. The van der Waals surface area contributed by atoms with Crippen LogP contribution in [0.1, 0.15) is 85.1 Å². The summed E-state index contributed by atoms with van der Waals surface area (Å²) < 4.78 is 53.0. The molecule has 0 aliphatic heterocycles. The average Bonchev–Trinajstić information content (AvgIpc) is 3.69. The van der Waals surface area contributed by atoms with Gasteiger partial charge in [0.25, 0.3) is 5.91 Å². The van der Waals surface area contributed by atoms with Crippen LogP contribution in [0.5, 0.6) is 0 Å². The number of aromatic nitrogens is 5. The van der Waals surface area contributed by atoms with Crippen LogP contribution in [0.4, 0.5) is 24.8 Å². The fraction of sp³-hybridized carbons (Fsp3) is 0.486. The number of aryl methyl sites for hydroxylation is 1. The van der Waals surface area contributed by atoms with Gasteiger partial charge in [0.2, 0.25) is 5.95 Å². The van der Waals surface area contributed by atoms with E-state index in [0.29, 0.717) is 55.9 Å². The summed E-state index contributed by atoms with van der Waals surface area (Å²) in [4.78, 5) is 47.8. The number of methoxy groups -OCH3 is 1. The number of rotatable bonds is 13. The van der Waals surface area contributed by atoms with Crippen LogP contribution in [0.15, 0.2) is 36.7 Å². The number of aromatic amines is 1. The Labute approximate surface area is 282 Å². The maximum Gasteiger partial charge on any atom is 0.418 e. The number of pyridine rings is 3. The molecule has 14 heteroatoms. The number of hydrogen-bond donors (Lipinski definition) is 2. The number of halogens is 3. The van der Waals surface area contributed by atoms with Gasteiger partial charge in [0.15, 0.2) is 5.65 Å². The van der Waals surface area contributed by atoms with Gasteiger partial charge in [-0.2, -0.15) is 18.2 Å². The number of esters is 1. The first-order chi connectivity index (χ1) is 23.5. The highest BCUT2D eigenvalue weighted by molar-refractivity contribution is 6.04. The molecule has 2 saturated carbocycles. The number of alkyl halides is 3. The SMILES string of the molecule is CCOC(=O)CCc1ccc(C(=O)Nc2nc3nc(-c4cnc(C5CC5)c(C(F)(F)F)c4)cc(N(C)CC4(COC)CCCC4)c3[nH]2)cn1. The number of nitrogens with one attached hydrogen (secondary N) is 2. The number of carbonyl (C=O) groups is 2. The van der Waals surface area contributed by atoms with Crippen molar-refractivity contribution in [2.24, 2.45) is 5.41 Å². The van der Waals surface area contributed by atoms with E-state index in [-0.39, 0.29) is 57.8 Å². The third kappa shape index (κ3) is 7.85. The number of imidazole rings is 1. The first kappa shape index (κ1) is 34.3. The first-order valence-corrected chi connectivity index (χ1v) is 16.6. The zero-order chi connectivity index (χ0) is 34.8. The molecule has 2 N–H and O–H groups in total. The van der Waals surface area contributed by atoms with Crippen molar-refractivity contribution in [2.45, 2.75) is 70.4 Å². The summed E-state index contributed by atoms with van der Waals surface area (Å²) in [5.74, 6) is -0.850. The lowest BCUT2D eigenvalue weighted by atomic mass is 9.86. The molecular formula is C35H40F3N7O4. The Morgan fingerprint density at radius 2 is 1.88 bits per heavy atom. The molecule has 11 nitrogen and oxygen atoms in total. The molecule has 0 unspecified atom stereocenters. The van der Waals surface area contributed by atoms with Crippen molar-refractivity contribution in [1.29, 1.82) is 0 Å². The summed E-state index contributed by atoms with van der Waals surface area (Å²) in [5, 5.41) is 2.76. The minimum atomic E-state index is -4.56. The number of H-pyrrole nitrogens is 1. The number of anilines is 2. The second-order valence-electron chi connectivity index (χ2n) is 13.0. The number of carbonyl (C=O) groups excluding carboxylic acids is 2. The molecule has 0 saturated heterocycles. The first-order valence-electron chi connectivity index (χ1n) is 16.6. The van der Waals surface area contributed by atoms with Gasteiger partial charge in [-0.1, -0.05) is 12.8 Å².